The number of carbonyl (C=O) groups is 1. The van der Waals surface area contributed by atoms with Crippen LogP contribution in [0.2, 0.25) is 0 Å². The summed E-state index contributed by atoms with van der Waals surface area (Å²) in [7, 11) is 3.14. The maximum atomic E-state index is 13.2. The van der Waals surface area contributed by atoms with Crippen LogP contribution in [-0.4, -0.2) is 51.5 Å². The van der Waals surface area contributed by atoms with Gasteiger partial charge in [-0.1, -0.05) is 0 Å². The monoisotopic (exact) mass is 526 g/mol. The van der Waals surface area contributed by atoms with Gasteiger partial charge in [-0.3, -0.25) is 14.8 Å². The third kappa shape index (κ3) is 5.14. The number of methoxy groups -OCH3 is 2. The summed E-state index contributed by atoms with van der Waals surface area (Å²) in [6.07, 6.45) is 6.50. The lowest BCUT2D eigenvalue weighted by molar-refractivity contribution is 0.101. The van der Waals surface area contributed by atoms with Gasteiger partial charge in [0.25, 0.3) is 5.91 Å². The SMILES string of the molecule is CCOc1c(C(=O)Nc2ccc(Oc3ccnc4cc(OC)c(OC)cc34)cn2)nn(-c2cccnc2)c1C. The minimum absolute atomic E-state index is 0.146. The van der Waals surface area contributed by atoms with Crippen LogP contribution in [0.4, 0.5) is 5.82 Å². The molecule has 5 rings (SSSR count). The van der Waals surface area contributed by atoms with Gasteiger partial charge in [-0.25, -0.2) is 9.67 Å². The van der Waals surface area contributed by atoms with E-state index in [0.29, 0.717) is 58.1 Å². The molecule has 0 saturated carbocycles. The lowest BCUT2D eigenvalue weighted by atomic mass is 10.2. The lowest BCUT2D eigenvalue weighted by Gasteiger charge is -2.12. The number of benzene rings is 1. The summed E-state index contributed by atoms with van der Waals surface area (Å²) in [5.41, 5.74) is 2.24. The number of hydrogen-bond donors (Lipinski definition) is 1. The Morgan fingerprint density at radius 2 is 1.79 bits per heavy atom. The number of nitrogens with one attached hydrogen (secondary N) is 1. The molecule has 0 radical (unpaired) electrons. The Kier molecular flexibility index (Phi) is 7.21. The molecule has 0 saturated heterocycles. The summed E-state index contributed by atoms with van der Waals surface area (Å²) in [4.78, 5) is 26.0. The molecule has 1 aromatic carbocycles. The van der Waals surface area contributed by atoms with Crippen molar-refractivity contribution in [1.29, 1.82) is 0 Å². The Bertz CT molecular complexity index is 1620. The van der Waals surface area contributed by atoms with Gasteiger partial charge < -0.3 is 24.3 Å². The molecule has 0 atom stereocenters. The van der Waals surface area contributed by atoms with Gasteiger partial charge in [-0.05, 0) is 50.2 Å². The number of aromatic nitrogens is 5. The zero-order valence-corrected chi connectivity index (χ0v) is 21.8. The van der Waals surface area contributed by atoms with Gasteiger partial charge in [0.15, 0.2) is 22.9 Å². The zero-order chi connectivity index (χ0) is 27.4. The van der Waals surface area contributed by atoms with E-state index in [0.717, 1.165) is 5.39 Å². The summed E-state index contributed by atoms with van der Waals surface area (Å²) in [6.45, 7) is 4.06. The van der Waals surface area contributed by atoms with E-state index in [1.165, 1.54) is 6.20 Å². The number of amides is 1. The van der Waals surface area contributed by atoms with Gasteiger partial charge in [0.1, 0.15) is 17.3 Å². The zero-order valence-electron chi connectivity index (χ0n) is 21.8. The number of fused-ring (bicyclic) bond motifs is 1. The van der Waals surface area contributed by atoms with Crippen LogP contribution >= 0.6 is 0 Å². The van der Waals surface area contributed by atoms with Crippen molar-refractivity contribution < 1.29 is 23.7 Å². The Morgan fingerprint density at radius 3 is 2.49 bits per heavy atom. The van der Waals surface area contributed by atoms with Crippen LogP contribution in [-0.2, 0) is 0 Å². The van der Waals surface area contributed by atoms with Crippen LogP contribution in [0.1, 0.15) is 23.1 Å². The smallest absolute Gasteiger partial charge is 0.281 e. The normalized spacial score (nSPS) is 10.8. The number of carbonyl (C=O) groups excluding carboxylic acids is 1. The second-order valence-electron chi connectivity index (χ2n) is 8.29. The van der Waals surface area contributed by atoms with Gasteiger partial charge >= 0.3 is 0 Å². The molecule has 5 aromatic rings. The maximum Gasteiger partial charge on any atom is 0.281 e. The fourth-order valence-electron chi connectivity index (χ4n) is 4.04. The third-order valence-electron chi connectivity index (χ3n) is 5.87. The molecule has 198 valence electrons. The van der Waals surface area contributed by atoms with Gasteiger partial charge in [0.2, 0.25) is 0 Å². The number of rotatable bonds is 9. The Balaban J connectivity index is 1.36. The minimum atomic E-state index is -0.452. The third-order valence-corrected chi connectivity index (χ3v) is 5.87. The van der Waals surface area contributed by atoms with Gasteiger partial charge in [-0.15, -0.1) is 0 Å². The van der Waals surface area contributed by atoms with Crippen LogP contribution in [0.15, 0.2) is 67.3 Å². The van der Waals surface area contributed by atoms with Gasteiger partial charge in [0, 0.05) is 23.8 Å². The predicted molar refractivity (Wildman–Crippen MR) is 144 cm³/mol. The summed E-state index contributed by atoms with van der Waals surface area (Å²) >= 11 is 0. The van der Waals surface area contributed by atoms with Crippen LogP contribution in [0, 0.1) is 6.92 Å². The molecule has 0 spiro atoms. The predicted octanol–water partition coefficient (Wildman–Crippen LogP) is 4.98. The van der Waals surface area contributed by atoms with Crippen molar-refractivity contribution in [2.45, 2.75) is 13.8 Å². The highest BCUT2D eigenvalue weighted by atomic mass is 16.5. The summed E-state index contributed by atoms with van der Waals surface area (Å²) in [5, 5.41) is 8.01. The lowest BCUT2D eigenvalue weighted by Crippen LogP contribution is -2.15. The van der Waals surface area contributed by atoms with E-state index in [-0.39, 0.29) is 5.69 Å². The van der Waals surface area contributed by atoms with E-state index in [2.05, 4.69) is 25.4 Å². The molecular weight excluding hydrogens is 500 g/mol. The summed E-state index contributed by atoms with van der Waals surface area (Å²) in [5.74, 6) is 2.45. The first kappa shape index (κ1) is 25.5. The Hall–Kier alpha value is -5.19. The highest BCUT2D eigenvalue weighted by Gasteiger charge is 2.23. The van der Waals surface area contributed by atoms with Crippen LogP contribution in [0.25, 0.3) is 16.6 Å². The highest BCUT2D eigenvalue weighted by Crippen LogP contribution is 2.37. The first-order valence-electron chi connectivity index (χ1n) is 12.1. The standard InChI is InChI=1S/C28H26N6O5/c1-5-38-27-17(2)34(18-7-6-11-29-15-18)33-26(27)28(35)32-25-9-8-19(16-31-25)39-22-10-12-30-21-14-24(37-4)23(36-3)13-20(21)22/h6-16H,5H2,1-4H3,(H,31,32,35). The molecule has 11 heteroatoms. The van der Waals surface area contributed by atoms with E-state index < -0.39 is 5.91 Å². The average molecular weight is 527 g/mol. The molecule has 0 aliphatic rings. The summed E-state index contributed by atoms with van der Waals surface area (Å²) < 4.78 is 24.2. The van der Waals surface area contributed by atoms with E-state index in [9.17, 15) is 4.79 Å². The highest BCUT2D eigenvalue weighted by molar-refractivity contribution is 6.04. The number of anilines is 1. The van der Waals surface area contributed by atoms with Gasteiger partial charge in [0.05, 0.1) is 50.1 Å². The van der Waals surface area contributed by atoms with Crippen LogP contribution in [0.5, 0.6) is 28.7 Å². The fraction of sp³-hybridized carbons (Fsp3) is 0.179. The first-order valence-corrected chi connectivity index (χ1v) is 12.1. The van der Waals surface area contributed by atoms with Crippen molar-refractivity contribution in [1.82, 2.24) is 24.7 Å². The van der Waals surface area contributed by atoms with Crippen LogP contribution < -0.4 is 24.3 Å². The first-order chi connectivity index (χ1) is 19.0. The fourth-order valence-corrected chi connectivity index (χ4v) is 4.04. The average Bonchev–Trinajstić information content (AvgIpc) is 3.30. The molecule has 0 bridgehead atoms. The Morgan fingerprint density at radius 1 is 0.974 bits per heavy atom. The van der Waals surface area contributed by atoms with Crippen molar-refractivity contribution in [2.75, 3.05) is 26.1 Å². The van der Waals surface area contributed by atoms with Crippen molar-refractivity contribution >= 4 is 22.6 Å². The molecule has 1 N–H and O–H groups in total. The minimum Gasteiger partial charge on any atom is -0.493 e. The number of hydrogen-bond acceptors (Lipinski definition) is 9. The molecule has 0 aliphatic carbocycles. The van der Waals surface area contributed by atoms with E-state index >= 15 is 0 Å². The topological polar surface area (TPSA) is 123 Å². The van der Waals surface area contributed by atoms with E-state index in [4.69, 9.17) is 18.9 Å². The molecule has 39 heavy (non-hydrogen) atoms. The largest absolute Gasteiger partial charge is 0.493 e. The van der Waals surface area contributed by atoms with E-state index in [1.54, 1.807) is 73.9 Å². The summed E-state index contributed by atoms with van der Waals surface area (Å²) in [6, 6.07) is 12.3. The Labute approximate surface area is 224 Å². The number of ether oxygens (including phenoxy) is 4. The van der Waals surface area contributed by atoms with Gasteiger partial charge in [-0.2, -0.15) is 5.10 Å². The van der Waals surface area contributed by atoms with Crippen molar-refractivity contribution in [3.8, 4) is 34.4 Å². The van der Waals surface area contributed by atoms with E-state index in [1.807, 2.05) is 19.9 Å². The van der Waals surface area contributed by atoms with Crippen molar-refractivity contribution in [3.63, 3.8) is 0 Å². The molecular formula is C28H26N6O5. The molecule has 1 amide bonds. The number of pyridine rings is 3. The molecule has 4 aromatic heterocycles. The molecule has 11 nitrogen and oxygen atoms in total. The number of nitrogens with zero attached hydrogens (tertiary/aromatic N) is 5. The quantitative estimate of drug-likeness (QED) is 0.283. The second kappa shape index (κ2) is 11.1. The maximum absolute atomic E-state index is 13.2. The van der Waals surface area contributed by atoms with Crippen LogP contribution in [0.3, 0.4) is 0 Å². The molecule has 4 heterocycles. The second-order valence-corrected chi connectivity index (χ2v) is 8.29. The molecule has 0 aliphatic heterocycles. The van der Waals surface area contributed by atoms with Crippen molar-refractivity contribution in [3.05, 3.63) is 78.6 Å². The van der Waals surface area contributed by atoms with Crippen molar-refractivity contribution in [2.24, 2.45) is 0 Å². The molecule has 0 fully saturated rings. The molecule has 0 unspecified atom stereocenters.